The fraction of sp³-hybridized carbons (Fsp3) is 0.375. The average Bonchev–Trinajstić information content (AvgIpc) is 2.91. The van der Waals surface area contributed by atoms with Gasteiger partial charge in [0.15, 0.2) is 11.5 Å². The number of hydrogen-bond donors (Lipinski definition) is 1. The Bertz CT molecular complexity index is 1220. The van der Waals surface area contributed by atoms with Crippen LogP contribution >= 0.6 is 11.6 Å². The van der Waals surface area contributed by atoms with E-state index in [-0.39, 0.29) is 30.8 Å². The molecule has 3 aromatic carbocycles. The second kappa shape index (κ2) is 15.2. The van der Waals surface area contributed by atoms with Gasteiger partial charge in [0.1, 0.15) is 6.04 Å². The molecule has 0 bridgehead atoms. The van der Waals surface area contributed by atoms with E-state index >= 15 is 0 Å². The van der Waals surface area contributed by atoms with Crippen molar-refractivity contribution in [3.8, 4) is 11.5 Å². The molecule has 1 atom stereocenters. The van der Waals surface area contributed by atoms with Crippen molar-refractivity contribution in [2.45, 2.75) is 65.6 Å². The molecule has 0 aliphatic rings. The second-order valence-electron chi connectivity index (χ2n) is 9.67. The van der Waals surface area contributed by atoms with Gasteiger partial charge in [-0.05, 0) is 75.1 Å². The SMILES string of the molecule is CCOc1ccc(CCC(=O)N(Cc2cccc(Cl)c2)C(Cc2ccccc2)C(=O)NC(C)C)cc1OCC. The van der Waals surface area contributed by atoms with Crippen molar-refractivity contribution < 1.29 is 19.1 Å². The minimum absolute atomic E-state index is 0.0558. The van der Waals surface area contributed by atoms with E-state index in [0.29, 0.717) is 42.6 Å². The number of halogens is 1. The van der Waals surface area contributed by atoms with Crippen LogP contribution in [0.5, 0.6) is 11.5 Å². The third kappa shape index (κ3) is 9.32. The van der Waals surface area contributed by atoms with Gasteiger partial charge in [-0.3, -0.25) is 9.59 Å². The van der Waals surface area contributed by atoms with Crippen LogP contribution in [0.25, 0.3) is 0 Å². The Morgan fingerprint density at radius 2 is 1.54 bits per heavy atom. The number of nitrogens with one attached hydrogen (secondary N) is 1. The molecule has 2 amide bonds. The Kier molecular flexibility index (Phi) is 11.7. The molecule has 0 fully saturated rings. The average molecular weight is 551 g/mol. The van der Waals surface area contributed by atoms with Gasteiger partial charge in [0, 0.05) is 30.5 Å². The number of nitrogens with zero attached hydrogens (tertiary/aromatic N) is 1. The number of benzene rings is 3. The molecule has 0 saturated heterocycles. The van der Waals surface area contributed by atoms with Crippen molar-refractivity contribution in [1.82, 2.24) is 10.2 Å². The zero-order chi connectivity index (χ0) is 28.2. The van der Waals surface area contributed by atoms with Gasteiger partial charge in [0.25, 0.3) is 0 Å². The molecule has 6 nitrogen and oxygen atoms in total. The van der Waals surface area contributed by atoms with E-state index in [1.54, 1.807) is 11.0 Å². The van der Waals surface area contributed by atoms with Crippen molar-refractivity contribution in [2.24, 2.45) is 0 Å². The third-order valence-corrected chi connectivity index (χ3v) is 6.41. The quantitative estimate of drug-likeness (QED) is 0.258. The van der Waals surface area contributed by atoms with E-state index in [9.17, 15) is 9.59 Å². The Balaban J connectivity index is 1.90. The molecule has 1 unspecified atom stereocenters. The van der Waals surface area contributed by atoms with Gasteiger partial charge < -0.3 is 19.7 Å². The third-order valence-electron chi connectivity index (χ3n) is 6.18. The van der Waals surface area contributed by atoms with Gasteiger partial charge in [0.2, 0.25) is 11.8 Å². The Morgan fingerprint density at radius 1 is 0.846 bits per heavy atom. The van der Waals surface area contributed by atoms with E-state index in [1.807, 2.05) is 94.4 Å². The summed E-state index contributed by atoms with van der Waals surface area (Å²) >= 11 is 6.26. The fourth-order valence-electron chi connectivity index (χ4n) is 4.41. The van der Waals surface area contributed by atoms with Crippen LogP contribution in [0, 0.1) is 0 Å². The van der Waals surface area contributed by atoms with Crippen LogP contribution in [0.15, 0.2) is 72.8 Å². The summed E-state index contributed by atoms with van der Waals surface area (Å²) in [6.07, 6.45) is 1.14. The molecule has 0 aliphatic heterocycles. The van der Waals surface area contributed by atoms with E-state index in [2.05, 4.69) is 5.32 Å². The molecule has 7 heteroatoms. The predicted molar refractivity (Wildman–Crippen MR) is 156 cm³/mol. The van der Waals surface area contributed by atoms with Gasteiger partial charge in [-0.25, -0.2) is 0 Å². The topological polar surface area (TPSA) is 67.9 Å². The number of rotatable bonds is 14. The minimum Gasteiger partial charge on any atom is -0.490 e. The lowest BCUT2D eigenvalue weighted by atomic mass is 10.0. The number of hydrogen-bond acceptors (Lipinski definition) is 4. The predicted octanol–water partition coefficient (Wildman–Crippen LogP) is 6.23. The van der Waals surface area contributed by atoms with E-state index in [1.165, 1.54) is 0 Å². The minimum atomic E-state index is -0.680. The lowest BCUT2D eigenvalue weighted by molar-refractivity contribution is -0.141. The Hall–Kier alpha value is -3.51. The van der Waals surface area contributed by atoms with Gasteiger partial charge in [-0.2, -0.15) is 0 Å². The Labute approximate surface area is 237 Å². The maximum atomic E-state index is 13.9. The molecular formula is C32H39ClN2O4. The van der Waals surface area contributed by atoms with Crippen LogP contribution in [0.4, 0.5) is 0 Å². The summed E-state index contributed by atoms with van der Waals surface area (Å²) in [6, 6.07) is 22.2. The lowest BCUT2D eigenvalue weighted by Gasteiger charge is -2.32. The Morgan fingerprint density at radius 3 is 2.21 bits per heavy atom. The van der Waals surface area contributed by atoms with Gasteiger partial charge in [-0.1, -0.05) is 60.1 Å². The van der Waals surface area contributed by atoms with Crippen LogP contribution in [0.2, 0.25) is 5.02 Å². The molecule has 39 heavy (non-hydrogen) atoms. The highest BCUT2D eigenvalue weighted by Crippen LogP contribution is 2.29. The summed E-state index contributed by atoms with van der Waals surface area (Å²) in [6.45, 7) is 9.02. The van der Waals surface area contributed by atoms with Gasteiger partial charge in [0.05, 0.1) is 13.2 Å². The first-order chi connectivity index (χ1) is 18.8. The molecule has 0 heterocycles. The normalized spacial score (nSPS) is 11.6. The highest BCUT2D eigenvalue weighted by Gasteiger charge is 2.30. The monoisotopic (exact) mass is 550 g/mol. The van der Waals surface area contributed by atoms with Crippen molar-refractivity contribution in [3.05, 3.63) is 94.5 Å². The van der Waals surface area contributed by atoms with Crippen LogP contribution < -0.4 is 14.8 Å². The molecule has 208 valence electrons. The highest BCUT2D eigenvalue weighted by atomic mass is 35.5. The summed E-state index contributed by atoms with van der Waals surface area (Å²) in [5.74, 6) is 1.06. The summed E-state index contributed by atoms with van der Waals surface area (Å²) in [7, 11) is 0. The first-order valence-corrected chi connectivity index (χ1v) is 13.9. The van der Waals surface area contributed by atoms with Crippen molar-refractivity contribution in [2.75, 3.05) is 13.2 Å². The number of ether oxygens (including phenoxy) is 2. The molecule has 0 aliphatic carbocycles. The number of carbonyl (C=O) groups excluding carboxylic acids is 2. The van der Waals surface area contributed by atoms with E-state index < -0.39 is 6.04 Å². The number of aryl methyl sites for hydroxylation is 1. The summed E-state index contributed by atoms with van der Waals surface area (Å²) < 4.78 is 11.4. The van der Waals surface area contributed by atoms with Gasteiger partial charge >= 0.3 is 0 Å². The molecule has 3 rings (SSSR count). The molecule has 0 aromatic heterocycles. The lowest BCUT2D eigenvalue weighted by Crippen LogP contribution is -2.51. The number of carbonyl (C=O) groups is 2. The van der Waals surface area contributed by atoms with E-state index in [4.69, 9.17) is 21.1 Å². The molecule has 1 N–H and O–H groups in total. The smallest absolute Gasteiger partial charge is 0.243 e. The highest BCUT2D eigenvalue weighted by molar-refractivity contribution is 6.30. The first-order valence-electron chi connectivity index (χ1n) is 13.6. The summed E-state index contributed by atoms with van der Waals surface area (Å²) in [5, 5.41) is 3.61. The van der Waals surface area contributed by atoms with Gasteiger partial charge in [-0.15, -0.1) is 0 Å². The van der Waals surface area contributed by atoms with Crippen LogP contribution in [-0.2, 0) is 29.0 Å². The molecule has 0 saturated carbocycles. The molecule has 0 spiro atoms. The van der Waals surface area contributed by atoms with Crippen molar-refractivity contribution in [1.29, 1.82) is 0 Å². The van der Waals surface area contributed by atoms with Crippen LogP contribution in [0.1, 0.15) is 50.8 Å². The molecule has 3 aromatic rings. The molecule has 0 radical (unpaired) electrons. The maximum absolute atomic E-state index is 13.9. The second-order valence-corrected chi connectivity index (χ2v) is 10.1. The van der Waals surface area contributed by atoms with Crippen LogP contribution in [0.3, 0.4) is 0 Å². The van der Waals surface area contributed by atoms with E-state index in [0.717, 1.165) is 16.7 Å². The standard InChI is InChI=1S/C32H39ClN2O4/c1-5-38-29-17-15-25(21-30(29)39-6-2)16-18-31(36)35(22-26-13-10-14-27(33)19-26)28(32(37)34-23(3)4)20-24-11-8-7-9-12-24/h7-15,17,19,21,23,28H,5-6,16,18,20,22H2,1-4H3,(H,34,37). The zero-order valence-corrected chi connectivity index (χ0v) is 24.0. The van der Waals surface area contributed by atoms with Crippen molar-refractivity contribution in [3.63, 3.8) is 0 Å². The maximum Gasteiger partial charge on any atom is 0.243 e. The van der Waals surface area contributed by atoms with Crippen molar-refractivity contribution >= 4 is 23.4 Å². The zero-order valence-electron chi connectivity index (χ0n) is 23.3. The summed E-state index contributed by atoms with van der Waals surface area (Å²) in [5.41, 5.74) is 2.81. The number of amides is 2. The summed E-state index contributed by atoms with van der Waals surface area (Å²) in [4.78, 5) is 29.0. The first kappa shape index (κ1) is 30.0. The largest absolute Gasteiger partial charge is 0.490 e. The fourth-order valence-corrected chi connectivity index (χ4v) is 4.63. The molecular weight excluding hydrogens is 512 g/mol. The van der Waals surface area contributed by atoms with Crippen LogP contribution in [-0.4, -0.2) is 42.0 Å².